The highest BCUT2D eigenvalue weighted by Crippen LogP contribution is 2.24. The molecule has 0 bridgehead atoms. The third kappa shape index (κ3) is 4.19. The second-order valence-electron chi connectivity index (χ2n) is 4.58. The van der Waals surface area contributed by atoms with Crippen LogP contribution in [0.25, 0.3) is 10.8 Å². The second kappa shape index (κ2) is 8.63. The lowest BCUT2D eigenvalue weighted by Gasteiger charge is -2.10. The first-order chi connectivity index (χ1) is 10.6. The zero-order valence-corrected chi connectivity index (χ0v) is 13.5. The standard InChI is InChI=1S/C18H17NO.C2H6/c1-4-8-15(13(2)3)18(20)19-17-12-7-10-14-9-5-6-11-16(14)17;1-2/h4-12H,1-2H2,3H3,(H,19,20);1-2H3/b15-8+;. The van der Waals surface area contributed by atoms with E-state index in [1.807, 2.05) is 56.3 Å². The number of amides is 1. The van der Waals surface area contributed by atoms with Gasteiger partial charge in [0.2, 0.25) is 0 Å². The minimum atomic E-state index is -0.172. The van der Waals surface area contributed by atoms with Gasteiger partial charge in [0.25, 0.3) is 5.91 Å². The number of carbonyl (C=O) groups excluding carboxylic acids is 1. The molecule has 22 heavy (non-hydrogen) atoms. The van der Waals surface area contributed by atoms with E-state index in [1.54, 1.807) is 19.1 Å². The molecule has 0 atom stereocenters. The molecule has 0 fully saturated rings. The number of benzene rings is 2. The second-order valence-corrected chi connectivity index (χ2v) is 4.58. The van der Waals surface area contributed by atoms with Gasteiger partial charge >= 0.3 is 0 Å². The van der Waals surface area contributed by atoms with E-state index >= 15 is 0 Å². The third-order valence-corrected chi connectivity index (χ3v) is 3.03. The van der Waals surface area contributed by atoms with Crippen LogP contribution in [0.5, 0.6) is 0 Å². The molecule has 2 heteroatoms. The van der Waals surface area contributed by atoms with Crippen LogP contribution in [0, 0.1) is 0 Å². The maximum atomic E-state index is 12.3. The smallest absolute Gasteiger partial charge is 0.255 e. The van der Waals surface area contributed by atoms with E-state index in [-0.39, 0.29) is 5.91 Å². The molecule has 2 aromatic carbocycles. The van der Waals surface area contributed by atoms with Gasteiger partial charge in [-0.1, -0.05) is 69.5 Å². The van der Waals surface area contributed by atoms with Gasteiger partial charge in [-0.05, 0) is 30.0 Å². The Hall–Kier alpha value is -2.61. The lowest BCUT2D eigenvalue weighted by atomic mass is 10.1. The van der Waals surface area contributed by atoms with Crippen molar-refractivity contribution in [1.29, 1.82) is 0 Å². The molecule has 0 unspecified atom stereocenters. The normalized spacial score (nSPS) is 10.4. The highest BCUT2D eigenvalue weighted by molar-refractivity contribution is 6.10. The first kappa shape index (κ1) is 17.4. The van der Waals surface area contributed by atoms with Crippen molar-refractivity contribution in [3.8, 4) is 0 Å². The van der Waals surface area contributed by atoms with Crippen LogP contribution in [0.2, 0.25) is 0 Å². The van der Waals surface area contributed by atoms with Gasteiger partial charge < -0.3 is 5.32 Å². The van der Waals surface area contributed by atoms with Crippen LogP contribution in [0.4, 0.5) is 5.69 Å². The summed E-state index contributed by atoms with van der Waals surface area (Å²) in [6.45, 7) is 13.3. The quantitative estimate of drug-likeness (QED) is 0.586. The Bertz CT molecular complexity index is 705. The average molecular weight is 293 g/mol. The van der Waals surface area contributed by atoms with Crippen molar-refractivity contribution in [2.75, 3.05) is 5.32 Å². The number of rotatable bonds is 4. The molecule has 0 radical (unpaired) electrons. The SMILES string of the molecule is C=C/C=C(\C(=C)C)C(=O)Nc1cccc2ccccc12.CC. The zero-order chi connectivity index (χ0) is 16.5. The predicted octanol–water partition coefficient (Wildman–Crippen LogP) is 5.49. The highest BCUT2D eigenvalue weighted by Gasteiger charge is 2.11. The minimum absolute atomic E-state index is 0.172. The van der Waals surface area contributed by atoms with Gasteiger partial charge in [0.1, 0.15) is 0 Å². The maximum absolute atomic E-state index is 12.3. The molecular formula is C20H23NO. The summed E-state index contributed by atoms with van der Waals surface area (Å²) in [5.41, 5.74) is 2.04. The van der Waals surface area contributed by atoms with Crippen molar-refractivity contribution in [2.45, 2.75) is 20.8 Å². The summed E-state index contributed by atoms with van der Waals surface area (Å²) < 4.78 is 0. The Morgan fingerprint density at radius 1 is 1.09 bits per heavy atom. The van der Waals surface area contributed by atoms with E-state index < -0.39 is 0 Å². The minimum Gasteiger partial charge on any atom is -0.321 e. The largest absolute Gasteiger partial charge is 0.321 e. The summed E-state index contributed by atoms with van der Waals surface area (Å²) >= 11 is 0. The van der Waals surface area contributed by atoms with Gasteiger partial charge in [0.05, 0.1) is 0 Å². The molecule has 0 aliphatic heterocycles. The van der Waals surface area contributed by atoms with Crippen LogP contribution in [-0.4, -0.2) is 5.91 Å². The van der Waals surface area contributed by atoms with E-state index in [4.69, 9.17) is 0 Å². The summed E-state index contributed by atoms with van der Waals surface area (Å²) in [5.74, 6) is -0.172. The Labute approximate surface area is 132 Å². The molecule has 0 heterocycles. The molecule has 2 nitrogen and oxygen atoms in total. The Morgan fingerprint density at radius 3 is 2.36 bits per heavy atom. The van der Waals surface area contributed by atoms with E-state index in [0.29, 0.717) is 11.1 Å². The first-order valence-electron chi connectivity index (χ1n) is 7.41. The number of allylic oxidation sites excluding steroid dienone is 2. The molecule has 1 N–H and O–H groups in total. The van der Waals surface area contributed by atoms with Gasteiger partial charge in [0.15, 0.2) is 0 Å². The van der Waals surface area contributed by atoms with E-state index in [1.165, 1.54) is 0 Å². The number of carbonyl (C=O) groups is 1. The molecule has 0 aromatic heterocycles. The molecule has 0 aliphatic rings. The Morgan fingerprint density at radius 2 is 1.73 bits per heavy atom. The number of fused-ring (bicyclic) bond motifs is 1. The number of nitrogens with one attached hydrogen (secondary N) is 1. The Kier molecular flexibility index (Phi) is 6.84. The molecular weight excluding hydrogens is 270 g/mol. The van der Waals surface area contributed by atoms with Crippen molar-refractivity contribution in [2.24, 2.45) is 0 Å². The lowest BCUT2D eigenvalue weighted by Crippen LogP contribution is -2.15. The van der Waals surface area contributed by atoms with Crippen molar-refractivity contribution in [3.63, 3.8) is 0 Å². The fourth-order valence-electron chi connectivity index (χ4n) is 2.05. The van der Waals surface area contributed by atoms with Crippen LogP contribution >= 0.6 is 0 Å². The number of hydrogen-bond donors (Lipinski definition) is 1. The third-order valence-electron chi connectivity index (χ3n) is 3.03. The molecule has 0 saturated heterocycles. The van der Waals surface area contributed by atoms with Crippen LogP contribution in [-0.2, 0) is 4.79 Å². The van der Waals surface area contributed by atoms with Crippen molar-refractivity contribution < 1.29 is 4.79 Å². The zero-order valence-electron chi connectivity index (χ0n) is 13.5. The summed E-state index contributed by atoms with van der Waals surface area (Å²) in [6, 6.07) is 13.8. The first-order valence-corrected chi connectivity index (χ1v) is 7.41. The average Bonchev–Trinajstić information content (AvgIpc) is 2.54. The molecule has 1 amide bonds. The highest BCUT2D eigenvalue weighted by atomic mass is 16.1. The van der Waals surface area contributed by atoms with E-state index in [9.17, 15) is 4.79 Å². The number of anilines is 1. The van der Waals surface area contributed by atoms with Crippen LogP contribution < -0.4 is 5.32 Å². The Balaban J connectivity index is 0.00000116. The monoisotopic (exact) mass is 293 g/mol. The number of hydrogen-bond acceptors (Lipinski definition) is 1. The summed E-state index contributed by atoms with van der Waals surface area (Å²) in [5, 5.41) is 5.04. The molecule has 2 aromatic rings. The van der Waals surface area contributed by atoms with Gasteiger partial charge in [0, 0.05) is 16.6 Å². The fraction of sp³-hybridized carbons (Fsp3) is 0.150. The topological polar surface area (TPSA) is 29.1 Å². The molecule has 0 aliphatic carbocycles. The lowest BCUT2D eigenvalue weighted by molar-refractivity contribution is -0.112. The fourth-order valence-corrected chi connectivity index (χ4v) is 2.05. The van der Waals surface area contributed by atoms with E-state index in [2.05, 4.69) is 18.5 Å². The molecule has 114 valence electrons. The van der Waals surface area contributed by atoms with Crippen molar-refractivity contribution in [3.05, 3.63) is 78.9 Å². The predicted molar refractivity (Wildman–Crippen MR) is 97.0 cm³/mol. The molecule has 0 spiro atoms. The van der Waals surface area contributed by atoms with Gasteiger partial charge in [-0.3, -0.25) is 4.79 Å². The van der Waals surface area contributed by atoms with Gasteiger partial charge in [-0.15, -0.1) is 0 Å². The maximum Gasteiger partial charge on any atom is 0.255 e. The van der Waals surface area contributed by atoms with Crippen LogP contribution in [0.15, 0.2) is 78.9 Å². The van der Waals surface area contributed by atoms with Crippen LogP contribution in [0.3, 0.4) is 0 Å². The van der Waals surface area contributed by atoms with Crippen LogP contribution in [0.1, 0.15) is 20.8 Å². The van der Waals surface area contributed by atoms with Crippen molar-refractivity contribution in [1.82, 2.24) is 0 Å². The van der Waals surface area contributed by atoms with E-state index in [0.717, 1.165) is 16.5 Å². The summed E-state index contributed by atoms with van der Waals surface area (Å²) in [6.07, 6.45) is 3.26. The summed E-state index contributed by atoms with van der Waals surface area (Å²) in [7, 11) is 0. The van der Waals surface area contributed by atoms with Gasteiger partial charge in [-0.2, -0.15) is 0 Å². The molecule has 2 rings (SSSR count). The van der Waals surface area contributed by atoms with Crippen molar-refractivity contribution >= 4 is 22.4 Å². The summed E-state index contributed by atoms with van der Waals surface area (Å²) in [4.78, 5) is 12.3. The molecule has 0 saturated carbocycles. The van der Waals surface area contributed by atoms with Gasteiger partial charge in [-0.25, -0.2) is 0 Å².